The number of nitrogens with zero attached hydrogens (tertiary/aromatic N) is 3. The summed E-state index contributed by atoms with van der Waals surface area (Å²) in [7, 11) is -4.62. The van der Waals surface area contributed by atoms with E-state index in [0.717, 1.165) is 16.7 Å². The number of hydrogen-bond donors (Lipinski definition) is 3. The van der Waals surface area contributed by atoms with Gasteiger partial charge in [-0.3, -0.25) is 14.3 Å². The van der Waals surface area contributed by atoms with E-state index >= 15 is 0 Å². The van der Waals surface area contributed by atoms with Gasteiger partial charge < -0.3 is 29.5 Å². The number of phosphoric acid groups is 1. The number of aryl methyl sites for hydroxylation is 1. The molecule has 4 rings (SSSR count). The number of amides is 1. The maximum Gasteiger partial charge on any atom is 0.469 e. The molecule has 0 saturated carbocycles. The van der Waals surface area contributed by atoms with Crippen LogP contribution in [-0.2, 0) is 19.5 Å². The van der Waals surface area contributed by atoms with Gasteiger partial charge in [-0.1, -0.05) is 6.07 Å². The van der Waals surface area contributed by atoms with Crippen LogP contribution < -0.4 is 15.0 Å². The van der Waals surface area contributed by atoms with Gasteiger partial charge in [0.25, 0.3) is 5.91 Å². The lowest BCUT2D eigenvalue weighted by Crippen LogP contribution is -2.44. The third-order valence-corrected chi connectivity index (χ3v) is 7.00. The molecule has 220 valence electrons. The summed E-state index contributed by atoms with van der Waals surface area (Å²) in [5, 5.41) is 2.88. The highest BCUT2D eigenvalue weighted by Crippen LogP contribution is 2.36. The molecule has 1 amide bonds. The van der Waals surface area contributed by atoms with Gasteiger partial charge in [0.1, 0.15) is 18.1 Å². The highest BCUT2D eigenvalue weighted by atomic mass is 31.2. The highest BCUT2D eigenvalue weighted by Gasteiger charge is 2.23. The van der Waals surface area contributed by atoms with E-state index in [-0.39, 0.29) is 36.4 Å². The van der Waals surface area contributed by atoms with Gasteiger partial charge in [0.15, 0.2) is 0 Å². The van der Waals surface area contributed by atoms with E-state index in [4.69, 9.17) is 19.3 Å². The fourth-order valence-electron chi connectivity index (χ4n) is 4.35. The predicted molar refractivity (Wildman–Crippen MR) is 152 cm³/mol. The molecule has 2 aromatic heterocycles. The Hall–Kier alpha value is -3.41. The Morgan fingerprint density at radius 1 is 1.22 bits per heavy atom. The van der Waals surface area contributed by atoms with Crippen molar-refractivity contribution in [3.8, 4) is 17.0 Å². The number of anilines is 2. The second kappa shape index (κ2) is 12.6. The summed E-state index contributed by atoms with van der Waals surface area (Å²) >= 11 is 0. The molecule has 3 N–H and O–H groups in total. The first-order chi connectivity index (χ1) is 19.3. The first-order valence-electron chi connectivity index (χ1n) is 13.1. The molecule has 0 radical (unpaired) electrons. The molecule has 3 heterocycles. The molecule has 0 spiro atoms. The third-order valence-electron chi connectivity index (χ3n) is 6.48. The maximum atomic E-state index is 14.4. The Bertz CT molecular complexity index is 1440. The molecule has 0 bridgehead atoms. The van der Waals surface area contributed by atoms with E-state index < -0.39 is 19.4 Å². The van der Waals surface area contributed by atoms with Crippen molar-refractivity contribution in [1.82, 2.24) is 9.97 Å². The number of morpholine rings is 1. The summed E-state index contributed by atoms with van der Waals surface area (Å²) in [5.74, 6) is 0.494. The van der Waals surface area contributed by atoms with Crippen molar-refractivity contribution >= 4 is 25.2 Å². The van der Waals surface area contributed by atoms with Crippen LogP contribution >= 0.6 is 7.82 Å². The van der Waals surface area contributed by atoms with Crippen molar-refractivity contribution < 1.29 is 37.5 Å². The van der Waals surface area contributed by atoms with Crippen LogP contribution in [0.2, 0.25) is 0 Å². The van der Waals surface area contributed by atoms with Crippen LogP contribution in [0.5, 0.6) is 5.88 Å². The molecule has 3 aromatic rings. The van der Waals surface area contributed by atoms with Crippen molar-refractivity contribution in [1.29, 1.82) is 0 Å². The smallest absolute Gasteiger partial charge is 0.469 e. The van der Waals surface area contributed by atoms with E-state index in [1.165, 1.54) is 32.2 Å². The number of benzene rings is 1. The topological polar surface area (TPSA) is 143 Å². The molecule has 1 fully saturated rings. The van der Waals surface area contributed by atoms with Gasteiger partial charge in [0.05, 0.1) is 31.6 Å². The number of hydrogen-bond acceptors (Lipinski definition) is 8. The van der Waals surface area contributed by atoms with Crippen molar-refractivity contribution in [2.24, 2.45) is 0 Å². The number of aromatic nitrogens is 2. The minimum atomic E-state index is -4.62. The zero-order valence-corrected chi connectivity index (χ0v) is 24.2. The Kier molecular flexibility index (Phi) is 9.41. The average Bonchev–Trinajstić information content (AvgIpc) is 2.91. The zero-order valence-electron chi connectivity index (χ0n) is 23.3. The maximum absolute atomic E-state index is 14.4. The molecule has 0 aliphatic carbocycles. The largest absolute Gasteiger partial charge is 0.475 e. The van der Waals surface area contributed by atoms with Crippen LogP contribution in [0.1, 0.15) is 42.4 Å². The van der Waals surface area contributed by atoms with Gasteiger partial charge >= 0.3 is 7.82 Å². The van der Waals surface area contributed by atoms with E-state index in [0.29, 0.717) is 31.3 Å². The lowest BCUT2D eigenvalue weighted by Gasteiger charge is -2.34. The second-order valence-corrected chi connectivity index (χ2v) is 11.5. The molecular formula is C28H34FN4O7P. The van der Waals surface area contributed by atoms with Crippen LogP contribution in [0.25, 0.3) is 11.1 Å². The van der Waals surface area contributed by atoms with Gasteiger partial charge in [-0.25, -0.2) is 8.96 Å². The highest BCUT2D eigenvalue weighted by molar-refractivity contribution is 7.46. The second-order valence-electron chi connectivity index (χ2n) is 10.2. The number of halogens is 1. The van der Waals surface area contributed by atoms with Crippen LogP contribution in [0.3, 0.4) is 0 Å². The fourth-order valence-corrected chi connectivity index (χ4v) is 4.66. The predicted octanol–water partition coefficient (Wildman–Crippen LogP) is 4.62. The molecule has 11 nitrogen and oxygen atoms in total. The van der Waals surface area contributed by atoms with E-state index in [1.54, 1.807) is 12.1 Å². The number of carbonyl (C=O) groups excluding carboxylic acids is 1. The van der Waals surface area contributed by atoms with Crippen molar-refractivity contribution in [2.75, 3.05) is 43.2 Å². The van der Waals surface area contributed by atoms with E-state index in [9.17, 15) is 13.8 Å². The lowest BCUT2D eigenvalue weighted by atomic mass is 10.00. The minimum absolute atomic E-state index is 0.0589. The Balaban J connectivity index is 1.63. The Morgan fingerprint density at radius 2 is 2.00 bits per heavy atom. The first-order valence-corrected chi connectivity index (χ1v) is 14.6. The Labute approximate surface area is 237 Å². The third kappa shape index (κ3) is 8.31. The summed E-state index contributed by atoms with van der Waals surface area (Å²) in [6, 6.07) is 12.1. The quantitative estimate of drug-likeness (QED) is 0.227. The summed E-state index contributed by atoms with van der Waals surface area (Å²) in [4.78, 5) is 41.7. The summed E-state index contributed by atoms with van der Waals surface area (Å²) in [6.45, 7) is 7.97. The summed E-state index contributed by atoms with van der Waals surface area (Å²) in [6.07, 6.45) is 1.41. The molecular weight excluding hydrogens is 554 g/mol. The molecule has 1 aliphatic rings. The summed E-state index contributed by atoms with van der Waals surface area (Å²) in [5.41, 5.74) is 1.79. The molecule has 1 aromatic carbocycles. The number of phosphoric ester groups is 1. The first kappa shape index (κ1) is 30.5. The molecule has 41 heavy (non-hydrogen) atoms. The van der Waals surface area contributed by atoms with Crippen LogP contribution in [0.15, 0.2) is 48.7 Å². The normalized spacial score (nSPS) is 16.0. The van der Waals surface area contributed by atoms with E-state index in [2.05, 4.69) is 24.7 Å². The molecule has 13 heteroatoms. The molecule has 1 aliphatic heterocycles. The van der Waals surface area contributed by atoms with Gasteiger partial charge in [0.2, 0.25) is 5.88 Å². The SMILES string of the molecule is Cc1ccc(NC(=O)c2ccnc(C(C)(C)F)c2)cc1-c1cc(OCCOP(=O)(O)O)nc(N2CCOCC2C)c1. The van der Waals surface area contributed by atoms with Crippen LogP contribution in [0.4, 0.5) is 15.9 Å². The van der Waals surface area contributed by atoms with Crippen molar-refractivity contribution in [3.63, 3.8) is 0 Å². The zero-order chi connectivity index (χ0) is 29.8. The Morgan fingerprint density at radius 3 is 2.71 bits per heavy atom. The minimum Gasteiger partial charge on any atom is -0.475 e. The number of carbonyl (C=O) groups is 1. The number of alkyl halides is 1. The van der Waals surface area contributed by atoms with E-state index in [1.807, 2.05) is 32.0 Å². The van der Waals surface area contributed by atoms with Gasteiger partial charge in [-0.15, -0.1) is 0 Å². The van der Waals surface area contributed by atoms with Crippen molar-refractivity contribution in [3.05, 3.63) is 65.5 Å². The standard InChI is InChI=1S/C28H34FN4O7P/c1-18-5-6-22(31-27(34)20-7-8-30-24(13-20)28(3,4)29)16-23(18)21-14-25(33-9-10-38-17-19(33)2)32-26(15-21)39-11-12-40-41(35,36)37/h5-8,13-16,19H,9-12,17H2,1-4H3,(H,31,34)(H2,35,36,37). The number of rotatable bonds is 10. The molecule has 1 saturated heterocycles. The summed E-state index contributed by atoms with van der Waals surface area (Å²) < 4.78 is 41.2. The van der Waals surface area contributed by atoms with Crippen LogP contribution in [-0.4, -0.2) is 64.7 Å². The fraction of sp³-hybridized carbons (Fsp3) is 0.393. The van der Waals surface area contributed by atoms with Crippen LogP contribution in [0, 0.1) is 6.92 Å². The average molecular weight is 589 g/mol. The van der Waals surface area contributed by atoms with Gasteiger partial charge in [0, 0.05) is 30.1 Å². The van der Waals surface area contributed by atoms with Gasteiger partial charge in [-0.2, -0.15) is 4.98 Å². The lowest BCUT2D eigenvalue weighted by molar-refractivity contribution is 0.0984. The monoisotopic (exact) mass is 588 g/mol. The number of nitrogens with one attached hydrogen (secondary N) is 1. The van der Waals surface area contributed by atoms with Gasteiger partial charge in [-0.05, 0) is 74.7 Å². The number of ether oxygens (including phenoxy) is 2. The molecule has 1 atom stereocenters. The molecule has 1 unspecified atom stereocenters. The number of pyridine rings is 2. The van der Waals surface area contributed by atoms with Crippen molar-refractivity contribution in [2.45, 2.75) is 39.4 Å².